The van der Waals surface area contributed by atoms with E-state index < -0.39 is 5.97 Å². The quantitative estimate of drug-likeness (QED) is 0.828. The zero-order valence-electron chi connectivity index (χ0n) is 14.8. The van der Waals surface area contributed by atoms with Crippen molar-refractivity contribution in [1.82, 2.24) is 20.2 Å². The van der Waals surface area contributed by atoms with Gasteiger partial charge in [0.15, 0.2) is 5.82 Å². The zero-order chi connectivity index (χ0) is 18.0. The standard InChI is InChI=1S/C18H24N4O3/c1-11(2)22-9-7-12(8-10-22)19-17(23)16-20-14-6-4-5-13(15(14)21-16)18(24)25-3/h4-6,11-12H,7-10H2,1-3H3,(H,19,23)(H,20,21). The molecule has 1 aliphatic rings. The lowest BCUT2D eigenvalue weighted by atomic mass is 10.0. The number of ether oxygens (including phenoxy) is 1. The number of benzene rings is 1. The van der Waals surface area contributed by atoms with Crippen molar-refractivity contribution in [3.63, 3.8) is 0 Å². The normalized spacial score (nSPS) is 16.3. The largest absolute Gasteiger partial charge is 0.465 e. The predicted octanol–water partition coefficient (Wildman–Crippen LogP) is 1.95. The van der Waals surface area contributed by atoms with E-state index in [-0.39, 0.29) is 17.8 Å². The van der Waals surface area contributed by atoms with E-state index in [9.17, 15) is 9.59 Å². The number of nitrogens with zero attached hydrogens (tertiary/aromatic N) is 2. The number of aromatic nitrogens is 2. The van der Waals surface area contributed by atoms with Crippen LogP contribution in [0.15, 0.2) is 18.2 Å². The van der Waals surface area contributed by atoms with E-state index in [2.05, 4.69) is 34.0 Å². The first-order valence-corrected chi connectivity index (χ1v) is 8.61. The minimum absolute atomic E-state index is 0.149. The van der Waals surface area contributed by atoms with Crippen LogP contribution in [0, 0.1) is 0 Å². The van der Waals surface area contributed by atoms with Crippen molar-refractivity contribution >= 4 is 22.9 Å². The molecule has 2 aromatic rings. The van der Waals surface area contributed by atoms with Gasteiger partial charge in [-0.15, -0.1) is 0 Å². The number of H-pyrrole nitrogens is 1. The van der Waals surface area contributed by atoms with Crippen LogP contribution < -0.4 is 5.32 Å². The number of hydrogen-bond donors (Lipinski definition) is 2. The Bertz CT molecular complexity index is 776. The lowest BCUT2D eigenvalue weighted by Crippen LogP contribution is -2.46. The third-order valence-corrected chi connectivity index (χ3v) is 4.73. The molecule has 3 rings (SSSR count). The number of para-hydroxylation sites is 1. The molecule has 0 saturated carbocycles. The third-order valence-electron chi connectivity index (χ3n) is 4.73. The molecule has 0 radical (unpaired) electrons. The summed E-state index contributed by atoms with van der Waals surface area (Å²) in [5, 5.41) is 3.04. The average molecular weight is 344 g/mol. The van der Waals surface area contributed by atoms with Crippen LogP contribution in [-0.2, 0) is 4.74 Å². The number of aromatic amines is 1. The number of piperidine rings is 1. The molecule has 0 spiro atoms. The summed E-state index contributed by atoms with van der Waals surface area (Å²) < 4.78 is 4.77. The van der Waals surface area contributed by atoms with Crippen LogP contribution in [0.4, 0.5) is 0 Å². The number of rotatable bonds is 4. The van der Waals surface area contributed by atoms with E-state index in [1.807, 2.05) is 0 Å². The first-order valence-electron chi connectivity index (χ1n) is 8.61. The zero-order valence-corrected chi connectivity index (χ0v) is 14.8. The summed E-state index contributed by atoms with van der Waals surface area (Å²) in [5.74, 6) is -0.488. The first kappa shape index (κ1) is 17.4. The van der Waals surface area contributed by atoms with Gasteiger partial charge in [0.25, 0.3) is 5.91 Å². The van der Waals surface area contributed by atoms with Gasteiger partial charge in [-0.1, -0.05) is 6.07 Å². The van der Waals surface area contributed by atoms with Crippen LogP contribution in [0.5, 0.6) is 0 Å². The Morgan fingerprint density at radius 1 is 1.32 bits per heavy atom. The summed E-state index contributed by atoms with van der Waals surface area (Å²) >= 11 is 0. The number of nitrogens with one attached hydrogen (secondary N) is 2. The third kappa shape index (κ3) is 3.66. The Labute approximate surface area is 146 Å². The maximum atomic E-state index is 12.5. The minimum Gasteiger partial charge on any atom is -0.465 e. The average Bonchev–Trinajstić information content (AvgIpc) is 3.05. The molecule has 1 fully saturated rings. The fraction of sp³-hybridized carbons (Fsp3) is 0.500. The van der Waals surface area contributed by atoms with Crippen LogP contribution in [0.25, 0.3) is 11.0 Å². The van der Waals surface area contributed by atoms with Gasteiger partial charge in [0.05, 0.1) is 18.2 Å². The van der Waals surface area contributed by atoms with Gasteiger partial charge < -0.3 is 19.9 Å². The van der Waals surface area contributed by atoms with Gasteiger partial charge in [0.1, 0.15) is 5.52 Å². The van der Waals surface area contributed by atoms with E-state index in [0.717, 1.165) is 25.9 Å². The summed E-state index contributed by atoms with van der Waals surface area (Å²) in [7, 11) is 1.32. The molecule has 1 aliphatic heterocycles. The topological polar surface area (TPSA) is 87.3 Å². The number of esters is 1. The molecular formula is C18H24N4O3. The highest BCUT2D eigenvalue weighted by atomic mass is 16.5. The Morgan fingerprint density at radius 2 is 2.04 bits per heavy atom. The molecular weight excluding hydrogens is 320 g/mol. The first-order chi connectivity index (χ1) is 12.0. The van der Waals surface area contributed by atoms with Gasteiger partial charge in [-0.3, -0.25) is 4.79 Å². The number of methoxy groups -OCH3 is 1. The summed E-state index contributed by atoms with van der Waals surface area (Å²) in [6, 6.07) is 5.83. The molecule has 1 amide bonds. The Balaban J connectivity index is 1.72. The highest BCUT2D eigenvalue weighted by Gasteiger charge is 2.24. The van der Waals surface area contributed by atoms with Gasteiger partial charge in [-0.25, -0.2) is 9.78 Å². The summed E-state index contributed by atoms with van der Waals surface area (Å²) in [4.78, 5) is 34.1. The molecule has 0 atom stereocenters. The smallest absolute Gasteiger partial charge is 0.340 e. The lowest BCUT2D eigenvalue weighted by Gasteiger charge is -2.34. The fourth-order valence-corrected chi connectivity index (χ4v) is 3.23. The maximum absolute atomic E-state index is 12.5. The van der Waals surface area contributed by atoms with Crippen LogP contribution >= 0.6 is 0 Å². The van der Waals surface area contributed by atoms with Crippen molar-refractivity contribution in [3.05, 3.63) is 29.6 Å². The minimum atomic E-state index is -0.467. The van der Waals surface area contributed by atoms with Crippen molar-refractivity contribution in [3.8, 4) is 0 Å². The Hall–Kier alpha value is -2.41. The number of carbonyl (C=O) groups is 2. The van der Waals surface area contributed by atoms with E-state index in [0.29, 0.717) is 22.6 Å². The SMILES string of the molecule is COC(=O)c1cccc2[nH]c(C(=O)NC3CCN(C(C)C)CC3)nc12. The van der Waals surface area contributed by atoms with Crippen molar-refractivity contribution < 1.29 is 14.3 Å². The maximum Gasteiger partial charge on any atom is 0.340 e. The molecule has 25 heavy (non-hydrogen) atoms. The molecule has 1 aromatic carbocycles. The molecule has 0 bridgehead atoms. The van der Waals surface area contributed by atoms with Crippen LogP contribution in [0.3, 0.4) is 0 Å². The van der Waals surface area contributed by atoms with Crippen LogP contribution in [-0.4, -0.2) is 59.0 Å². The monoisotopic (exact) mass is 344 g/mol. The van der Waals surface area contributed by atoms with Crippen LogP contribution in [0.2, 0.25) is 0 Å². The summed E-state index contributed by atoms with van der Waals surface area (Å²) in [6.45, 7) is 6.34. The fourth-order valence-electron chi connectivity index (χ4n) is 3.23. The second-order valence-electron chi connectivity index (χ2n) is 6.66. The van der Waals surface area contributed by atoms with E-state index in [4.69, 9.17) is 4.74 Å². The molecule has 7 nitrogen and oxygen atoms in total. The summed E-state index contributed by atoms with van der Waals surface area (Å²) in [6.07, 6.45) is 1.86. The van der Waals surface area contributed by atoms with Gasteiger partial charge in [-0.2, -0.15) is 0 Å². The molecule has 1 aromatic heterocycles. The Morgan fingerprint density at radius 3 is 2.68 bits per heavy atom. The Kier molecular flexibility index (Phi) is 5.03. The van der Waals surface area contributed by atoms with Gasteiger partial charge >= 0.3 is 5.97 Å². The second kappa shape index (κ2) is 7.23. The number of hydrogen-bond acceptors (Lipinski definition) is 5. The molecule has 2 heterocycles. The van der Waals surface area contributed by atoms with Gasteiger partial charge in [0, 0.05) is 25.2 Å². The van der Waals surface area contributed by atoms with Crippen molar-refractivity contribution in [2.24, 2.45) is 0 Å². The van der Waals surface area contributed by atoms with E-state index in [1.54, 1.807) is 18.2 Å². The summed E-state index contributed by atoms with van der Waals surface area (Å²) in [5.41, 5.74) is 1.44. The van der Waals surface area contributed by atoms with Crippen molar-refractivity contribution in [1.29, 1.82) is 0 Å². The van der Waals surface area contributed by atoms with Gasteiger partial charge in [-0.05, 0) is 38.8 Å². The molecule has 2 N–H and O–H groups in total. The highest BCUT2D eigenvalue weighted by molar-refractivity contribution is 6.04. The van der Waals surface area contributed by atoms with Crippen molar-refractivity contribution in [2.75, 3.05) is 20.2 Å². The molecule has 0 aliphatic carbocycles. The van der Waals surface area contributed by atoms with E-state index >= 15 is 0 Å². The number of likely N-dealkylation sites (tertiary alicyclic amines) is 1. The number of carbonyl (C=O) groups excluding carboxylic acids is 2. The molecule has 0 unspecified atom stereocenters. The van der Waals surface area contributed by atoms with Crippen molar-refractivity contribution in [2.45, 2.75) is 38.8 Å². The van der Waals surface area contributed by atoms with E-state index in [1.165, 1.54) is 7.11 Å². The van der Waals surface area contributed by atoms with Crippen LogP contribution in [0.1, 0.15) is 47.7 Å². The second-order valence-corrected chi connectivity index (χ2v) is 6.66. The molecule has 7 heteroatoms. The highest BCUT2D eigenvalue weighted by Crippen LogP contribution is 2.18. The molecule has 1 saturated heterocycles. The molecule has 134 valence electrons. The number of imidazole rings is 1. The number of fused-ring (bicyclic) bond motifs is 1. The van der Waals surface area contributed by atoms with Gasteiger partial charge in [0.2, 0.25) is 0 Å². The predicted molar refractivity (Wildman–Crippen MR) is 94.6 cm³/mol. The lowest BCUT2D eigenvalue weighted by molar-refractivity contribution is 0.0602. The number of amides is 1.